The van der Waals surface area contributed by atoms with Crippen molar-refractivity contribution in [2.75, 3.05) is 0 Å². The van der Waals surface area contributed by atoms with Crippen molar-refractivity contribution < 1.29 is 22.5 Å². The summed E-state index contributed by atoms with van der Waals surface area (Å²) in [5.41, 5.74) is -0.903. The molecule has 7 heteroatoms. The molecule has 1 heterocycles. The molecule has 0 saturated carbocycles. The molecular weight excluding hydrogens is 259 g/mol. The van der Waals surface area contributed by atoms with Crippen molar-refractivity contribution in [1.29, 1.82) is 0 Å². The zero-order valence-electron chi connectivity index (χ0n) is 8.01. The van der Waals surface area contributed by atoms with Crippen LogP contribution in [0.2, 0.25) is 5.22 Å². The maximum Gasteiger partial charge on any atom is 0.237 e. The van der Waals surface area contributed by atoms with Crippen LogP contribution in [0.15, 0.2) is 16.7 Å². The highest BCUT2D eigenvalue weighted by molar-refractivity contribution is 6.31. The van der Waals surface area contributed by atoms with E-state index in [9.17, 15) is 18.0 Å². The van der Waals surface area contributed by atoms with Crippen LogP contribution in [0, 0.1) is 17.5 Å². The SMILES string of the molecule is O=Cc1c(-c2ccc(F)c(F)c2F)noc1Cl. The second-order valence-electron chi connectivity index (χ2n) is 3.06. The van der Waals surface area contributed by atoms with Crippen molar-refractivity contribution >= 4 is 17.9 Å². The van der Waals surface area contributed by atoms with Gasteiger partial charge in [-0.25, -0.2) is 13.2 Å². The number of aldehydes is 1. The van der Waals surface area contributed by atoms with Gasteiger partial charge in [0.15, 0.2) is 23.7 Å². The van der Waals surface area contributed by atoms with Gasteiger partial charge in [-0.2, -0.15) is 0 Å². The molecule has 0 fully saturated rings. The fraction of sp³-hybridized carbons (Fsp3) is 0. The molecule has 0 aliphatic rings. The molecule has 0 N–H and O–H groups in total. The topological polar surface area (TPSA) is 43.1 Å². The van der Waals surface area contributed by atoms with E-state index >= 15 is 0 Å². The Morgan fingerprint density at radius 1 is 1.24 bits per heavy atom. The zero-order valence-corrected chi connectivity index (χ0v) is 8.76. The summed E-state index contributed by atoms with van der Waals surface area (Å²) < 4.78 is 43.6. The lowest BCUT2D eigenvalue weighted by atomic mass is 10.1. The van der Waals surface area contributed by atoms with Crippen molar-refractivity contribution in [3.63, 3.8) is 0 Å². The van der Waals surface area contributed by atoms with Gasteiger partial charge in [0.2, 0.25) is 5.22 Å². The van der Waals surface area contributed by atoms with Crippen molar-refractivity contribution in [3.8, 4) is 11.3 Å². The lowest BCUT2D eigenvalue weighted by molar-refractivity contribution is 0.112. The van der Waals surface area contributed by atoms with Crippen molar-refractivity contribution in [1.82, 2.24) is 5.16 Å². The molecule has 1 aromatic carbocycles. The predicted octanol–water partition coefficient (Wildman–Crippen LogP) is 3.22. The number of hydrogen-bond acceptors (Lipinski definition) is 3. The third-order valence-electron chi connectivity index (χ3n) is 2.09. The molecule has 0 saturated heterocycles. The summed E-state index contributed by atoms with van der Waals surface area (Å²) >= 11 is 5.47. The van der Waals surface area contributed by atoms with E-state index < -0.39 is 23.0 Å². The first-order valence-corrected chi connectivity index (χ1v) is 4.68. The number of aromatic nitrogens is 1. The average Bonchev–Trinajstić information content (AvgIpc) is 2.67. The zero-order chi connectivity index (χ0) is 12.6. The van der Waals surface area contributed by atoms with Gasteiger partial charge < -0.3 is 4.52 Å². The Morgan fingerprint density at radius 2 is 1.94 bits per heavy atom. The molecule has 2 rings (SSSR count). The summed E-state index contributed by atoms with van der Waals surface area (Å²) in [6, 6.07) is 1.65. The van der Waals surface area contributed by atoms with Crippen LogP contribution in [0.4, 0.5) is 13.2 Å². The summed E-state index contributed by atoms with van der Waals surface area (Å²) in [7, 11) is 0. The molecule has 0 radical (unpaired) electrons. The van der Waals surface area contributed by atoms with E-state index in [1.165, 1.54) is 0 Å². The van der Waals surface area contributed by atoms with E-state index in [0.29, 0.717) is 6.07 Å². The Morgan fingerprint density at radius 3 is 2.59 bits per heavy atom. The monoisotopic (exact) mass is 261 g/mol. The van der Waals surface area contributed by atoms with Crippen molar-refractivity contribution in [2.45, 2.75) is 0 Å². The molecule has 0 aliphatic carbocycles. The van der Waals surface area contributed by atoms with E-state index in [1.807, 2.05) is 0 Å². The van der Waals surface area contributed by atoms with Crippen LogP contribution in [0.5, 0.6) is 0 Å². The van der Waals surface area contributed by atoms with Crippen LogP contribution in [-0.2, 0) is 0 Å². The van der Waals surface area contributed by atoms with E-state index in [-0.39, 0.29) is 22.8 Å². The van der Waals surface area contributed by atoms with Gasteiger partial charge in [-0.1, -0.05) is 5.16 Å². The minimum atomic E-state index is -1.65. The third kappa shape index (κ3) is 1.80. The maximum absolute atomic E-state index is 13.4. The van der Waals surface area contributed by atoms with Gasteiger partial charge >= 0.3 is 0 Å². The summed E-state index contributed by atoms with van der Waals surface area (Å²) in [5.74, 6) is -4.45. The highest BCUT2D eigenvalue weighted by atomic mass is 35.5. The molecule has 0 amide bonds. The summed E-state index contributed by atoms with van der Waals surface area (Å²) in [4.78, 5) is 10.7. The first-order chi connectivity index (χ1) is 8.06. The van der Waals surface area contributed by atoms with Crippen LogP contribution in [0.1, 0.15) is 10.4 Å². The molecule has 0 atom stereocenters. The smallest absolute Gasteiger partial charge is 0.237 e. The lowest BCUT2D eigenvalue weighted by Crippen LogP contribution is -1.95. The Balaban J connectivity index is 2.69. The summed E-state index contributed by atoms with van der Waals surface area (Å²) in [6.07, 6.45) is 0.287. The molecule has 17 heavy (non-hydrogen) atoms. The highest BCUT2D eigenvalue weighted by Gasteiger charge is 2.22. The molecule has 0 aliphatic heterocycles. The van der Waals surface area contributed by atoms with Gasteiger partial charge in [-0.05, 0) is 23.7 Å². The molecule has 0 unspecified atom stereocenters. The van der Waals surface area contributed by atoms with Crippen molar-refractivity contribution in [2.24, 2.45) is 0 Å². The van der Waals surface area contributed by atoms with E-state index in [0.717, 1.165) is 6.07 Å². The lowest BCUT2D eigenvalue weighted by Gasteiger charge is -2.01. The van der Waals surface area contributed by atoms with Crippen LogP contribution in [-0.4, -0.2) is 11.4 Å². The summed E-state index contributed by atoms with van der Waals surface area (Å²) in [5, 5.41) is 2.97. The third-order valence-corrected chi connectivity index (χ3v) is 2.36. The molecule has 0 spiro atoms. The predicted molar refractivity (Wildman–Crippen MR) is 52.2 cm³/mol. The van der Waals surface area contributed by atoms with Crippen LogP contribution < -0.4 is 0 Å². The molecule has 0 bridgehead atoms. The summed E-state index contributed by atoms with van der Waals surface area (Å²) in [6.45, 7) is 0. The van der Waals surface area contributed by atoms with Gasteiger partial charge in [0, 0.05) is 5.56 Å². The van der Waals surface area contributed by atoms with Gasteiger partial charge in [0.1, 0.15) is 11.3 Å². The highest BCUT2D eigenvalue weighted by Crippen LogP contribution is 2.30. The van der Waals surface area contributed by atoms with Gasteiger partial charge in [-0.3, -0.25) is 4.79 Å². The largest absolute Gasteiger partial charge is 0.343 e. The second kappa shape index (κ2) is 4.21. The van der Waals surface area contributed by atoms with Gasteiger partial charge in [-0.15, -0.1) is 0 Å². The number of hydrogen-bond donors (Lipinski definition) is 0. The minimum absolute atomic E-state index is 0.225. The van der Waals surface area contributed by atoms with Crippen LogP contribution in [0.3, 0.4) is 0 Å². The van der Waals surface area contributed by atoms with Gasteiger partial charge in [0.05, 0.1) is 0 Å². The normalized spacial score (nSPS) is 10.6. The Kier molecular flexibility index (Phi) is 2.89. The number of halogens is 4. The quantitative estimate of drug-likeness (QED) is 0.616. The van der Waals surface area contributed by atoms with Gasteiger partial charge in [0.25, 0.3) is 0 Å². The number of rotatable bonds is 2. The Hall–Kier alpha value is -1.82. The standard InChI is InChI=1S/C10H3ClF3NO2/c11-10-5(3-16)9(15-17-10)4-1-2-6(12)8(14)7(4)13/h1-3H. The van der Waals surface area contributed by atoms with E-state index in [4.69, 9.17) is 11.6 Å². The van der Waals surface area contributed by atoms with E-state index in [1.54, 1.807) is 0 Å². The number of carbonyl (C=O) groups is 1. The fourth-order valence-electron chi connectivity index (χ4n) is 1.28. The molecule has 1 aromatic heterocycles. The van der Waals surface area contributed by atoms with Crippen LogP contribution >= 0.6 is 11.6 Å². The average molecular weight is 262 g/mol. The Labute approximate surface area is 97.8 Å². The molecular formula is C10H3ClF3NO2. The van der Waals surface area contributed by atoms with Crippen molar-refractivity contribution in [3.05, 3.63) is 40.4 Å². The number of nitrogens with zero attached hydrogens (tertiary/aromatic N) is 1. The Bertz CT molecular complexity index is 597. The number of carbonyl (C=O) groups excluding carboxylic acids is 1. The fourth-order valence-corrected chi connectivity index (χ4v) is 1.45. The van der Waals surface area contributed by atoms with Crippen LogP contribution in [0.25, 0.3) is 11.3 Å². The first kappa shape index (κ1) is 11.7. The minimum Gasteiger partial charge on any atom is -0.343 e. The molecule has 3 nitrogen and oxygen atoms in total. The molecule has 2 aromatic rings. The maximum atomic E-state index is 13.4. The van der Waals surface area contributed by atoms with E-state index in [2.05, 4.69) is 9.68 Å². The second-order valence-corrected chi connectivity index (χ2v) is 3.40. The molecule has 88 valence electrons. The first-order valence-electron chi connectivity index (χ1n) is 4.30. The number of benzene rings is 1.